The molecule has 4 nitrogen and oxygen atoms in total. The maximum atomic E-state index is 14.4. The van der Waals surface area contributed by atoms with E-state index in [0.29, 0.717) is 13.2 Å². The van der Waals surface area contributed by atoms with E-state index in [1.165, 1.54) is 11.6 Å². The number of nitrogens with zero attached hydrogens (tertiary/aromatic N) is 1. The van der Waals surface area contributed by atoms with Crippen molar-refractivity contribution in [2.75, 3.05) is 5.32 Å². The molecule has 0 aliphatic heterocycles. The van der Waals surface area contributed by atoms with Gasteiger partial charge in [0.15, 0.2) is 0 Å². The van der Waals surface area contributed by atoms with E-state index in [9.17, 15) is 9.18 Å². The third-order valence-electron chi connectivity index (χ3n) is 7.44. The Morgan fingerprint density at radius 2 is 1.45 bits per heavy atom. The van der Waals surface area contributed by atoms with E-state index >= 15 is 0 Å². The first-order valence-corrected chi connectivity index (χ1v) is 14.1. The smallest absolute Gasteiger partial charge is 0.225 e. The Morgan fingerprint density at radius 1 is 0.762 bits per heavy atom. The molecule has 1 atom stereocenters. The molecule has 0 bridgehead atoms. The second kappa shape index (κ2) is 12.6. The first kappa shape index (κ1) is 27.0. The van der Waals surface area contributed by atoms with Crippen LogP contribution in [0, 0.1) is 5.82 Å². The molecule has 1 N–H and O–H groups in total. The summed E-state index contributed by atoms with van der Waals surface area (Å²) >= 11 is 0. The Morgan fingerprint density at radius 3 is 2.24 bits per heavy atom. The lowest BCUT2D eigenvalue weighted by molar-refractivity contribution is -0.116. The van der Waals surface area contributed by atoms with E-state index < -0.39 is 5.82 Å². The van der Waals surface area contributed by atoms with Gasteiger partial charge in [-0.05, 0) is 52.6 Å². The summed E-state index contributed by atoms with van der Waals surface area (Å²) in [6.07, 6.45) is 2.28. The van der Waals surface area contributed by atoms with Gasteiger partial charge in [-0.15, -0.1) is 0 Å². The highest BCUT2D eigenvalue weighted by Gasteiger charge is 2.24. The number of amides is 1. The molecule has 1 heterocycles. The number of ether oxygens (including phenoxy) is 1. The van der Waals surface area contributed by atoms with Crippen LogP contribution in [0.1, 0.15) is 34.6 Å². The van der Waals surface area contributed by atoms with Crippen LogP contribution in [0.4, 0.5) is 10.1 Å². The van der Waals surface area contributed by atoms with Crippen LogP contribution in [0.2, 0.25) is 0 Å². The molecule has 1 amide bonds. The minimum atomic E-state index is -0.460. The second-order valence-electron chi connectivity index (χ2n) is 10.3. The Hall–Kier alpha value is -5.16. The average Bonchev–Trinajstić information content (AvgIpc) is 3.39. The van der Waals surface area contributed by atoms with E-state index in [4.69, 9.17) is 4.74 Å². The van der Waals surface area contributed by atoms with Gasteiger partial charge >= 0.3 is 0 Å². The molecule has 0 spiro atoms. The number of carbonyl (C=O) groups is 1. The number of fused-ring (bicyclic) bond motifs is 1. The molecule has 0 saturated heterocycles. The maximum Gasteiger partial charge on any atom is 0.225 e. The molecular weight excluding hydrogens is 523 g/mol. The highest BCUT2D eigenvalue weighted by atomic mass is 19.1. The largest absolute Gasteiger partial charge is 0.489 e. The van der Waals surface area contributed by atoms with Gasteiger partial charge in [-0.25, -0.2) is 4.39 Å². The minimum absolute atomic E-state index is 0.135. The normalized spacial score (nSPS) is 11.7. The third-order valence-corrected chi connectivity index (χ3v) is 7.44. The van der Waals surface area contributed by atoms with Gasteiger partial charge in [-0.1, -0.05) is 103 Å². The first-order chi connectivity index (χ1) is 20.6. The molecule has 5 aromatic carbocycles. The minimum Gasteiger partial charge on any atom is -0.489 e. The Labute approximate surface area is 245 Å². The zero-order valence-corrected chi connectivity index (χ0v) is 23.1. The molecule has 6 rings (SSSR count). The quantitative estimate of drug-likeness (QED) is 0.184. The summed E-state index contributed by atoms with van der Waals surface area (Å²) < 4.78 is 22.8. The maximum absolute atomic E-state index is 14.4. The van der Waals surface area contributed by atoms with Gasteiger partial charge in [0.25, 0.3) is 0 Å². The van der Waals surface area contributed by atoms with Gasteiger partial charge in [0.2, 0.25) is 5.91 Å². The van der Waals surface area contributed by atoms with Crippen molar-refractivity contribution in [3.05, 3.63) is 168 Å². The zero-order chi connectivity index (χ0) is 28.7. The zero-order valence-electron chi connectivity index (χ0n) is 23.1. The molecule has 5 heteroatoms. The third kappa shape index (κ3) is 6.26. The molecule has 0 aliphatic carbocycles. The van der Waals surface area contributed by atoms with E-state index in [1.54, 1.807) is 18.2 Å². The fourth-order valence-corrected chi connectivity index (χ4v) is 5.38. The molecule has 0 radical (unpaired) electrons. The Bertz CT molecular complexity index is 1800. The van der Waals surface area contributed by atoms with E-state index in [1.807, 2.05) is 84.9 Å². The fourth-order valence-electron chi connectivity index (χ4n) is 5.38. The van der Waals surface area contributed by atoms with Gasteiger partial charge in [-0.2, -0.15) is 0 Å². The lowest BCUT2D eigenvalue weighted by Crippen LogP contribution is -2.17. The van der Waals surface area contributed by atoms with Crippen LogP contribution in [-0.4, -0.2) is 10.5 Å². The van der Waals surface area contributed by atoms with E-state index in [0.717, 1.165) is 33.3 Å². The lowest BCUT2D eigenvalue weighted by Gasteiger charge is -2.19. The van der Waals surface area contributed by atoms with Crippen molar-refractivity contribution >= 4 is 22.5 Å². The van der Waals surface area contributed by atoms with Crippen molar-refractivity contribution in [1.82, 2.24) is 4.57 Å². The monoisotopic (exact) mass is 554 g/mol. The number of hydrogen-bond acceptors (Lipinski definition) is 2. The van der Waals surface area contributed by atoms with Crippen molar-refractivity contribution in [3.63, 3.8) is 0 Å². The number of para-hydroxylation sites is 2. The molecule has 0 fully saturated rings. The number of anilines is 1. The van der Waals surface area contributed by atoms with Crippen molar-refractivity contribution < 1.29 is 13.9 Å². The molecule has 1 aromatic heterocycles. The van der Waals surface area contributed by atoms with Gasteiger partial charge in [0, 0.05) is 36.0 Å². The van der Waals surface area contributed by atoms with Gasteiger partial charge in [0.1, 0.15) is 18.2 Å². The summed E-state index contributed by atoms with van der Waals surface area (Å²) in [6, 6.07) is 42.8. The molecule has 208 valence electrons. The molecule has 0 saturated carbocycles. The average molecular weight is 555 g/mol. The SMILES string of the molecule is O=C(C[C@@H](c1cccc(OCc2ccccc2)c1)c1cn(Cc2ccccc2)c2ccccc12)Nc1ccccc1F. The van der Waals surface area contributed by atoms with Crippen LogP contribution in [-0.2, 0) is 17.9 Å². The highest BCUT2D eigenvalue weighted by Crippen LogP contribution is 2.37. The lowest BCUT2D eigenvalue weighted by atomic mass is 9.88. The Kier molecular flexibility index (Phi) is 8.09. The number of hydrogen-bond donors (Lipinski definition) is 1. The molecule has 0 unspecified atom stereocenters. The van der Waals surface area contributed by atoms with Crippen molar-refractivity contribution in [2.24, 2.45) is 0 Å². The van der Waals surface area contributed by atoms with Crippen LogP contribution >= 0.6 is 0 Å². The number of benzene rings is 5. The van der Waals surface area contributed by atoms with Gasteiger partial charge in [-0.3, -0.25) is 4.79 Å². The van der Waals surface area contributed by atoms with Crippen LogP contribution in [0.15, 0.2) is 140 Å². The summed E-state index contributed by atoms with van der Waals surface area (Å²) in [6.45, 7) is 1.15. The summed E-state index contributed by atoms with van der Waals surface area (Å²) in [7, 11) is 0. The predicted molar refractivity (Wildman–Crippen MR) is 166 cm³/mol. The topological polar surface area (TPSA) is 43.3 Å². The van der Waals surface area contributed by atoms with Crippen LogP contribution in [0.5, 0.6) is 5.75 Å². The molecule has 0 aliphatic rings. The molecule has 42 heavy (non-hydrogen) atoms. The number of rotatable bonds is 10. The van der Waals surface area contributed by atoms with Crippen molar-refractivity contribution in [1.29, 1.82) is 0 Å². The number of nitrogens with one attached hydrogen (secondary N) is 1. The number of halogens is 1. The summed E-state index contributed by atoms with van der Waals surface area (Å²) in [4.78, 5) is 13.4. The second-order valence-corrected chi connectivity index (χ2v) is 10.3. The van der Waals surface area contributed by atoms with Crippen LogP contribution in [0.25, 0.3) is 10.9 Å². The van der Waals surface area contributed by atoms with E-state index in [-0.39, 0.29) is 23.9 Å². The first-order valence-electron chi connectivity index (χ1n) is 14.1. The predicted octanol–water partition coefficient (Wildman–Crippen LogP) is 8.57. The van der Waals surface area contributed by atoms with Crippen molar-refractivity contribution in [2.45, 2.75) is 25.5 Å². The van der Waals surface area contributed by atoms with Crippen LogP contribution in [0.3, 0.4) is 0 Å². The van der Waals surface area contributed by atoms with Gasteiger partial charge in [0.05, 0.1) is 5.69 Å². The molecule has 6 aromatic rings. The molecular formula is C37H31FN2O2. The number of aromatic nitrogens is 1. The van der Waals surface area contributed by atoms with E-state index in [2.05, 4.69) is 40.3 Å². The summed E-state index contributed by atoms with van der Waals surface area (Å²) in [5.41, 5.74) is 5.51. The van der Waals surface area contributed by atoms with Crippen LogP contribution < -0.4 is 10.1 Å². The van der Waals surface area contributed by atoms with Gasteiger partial charge < -0.3 is 14.6 Å². The Balaban J connectivity index is 1.37. The van der Waals surface area contributed by atoms with Crippen molar-refractivity contribution in [3.8, 4) is 5.75 Å². The highest BCUT2D eigenvalue weighted by molar-refractivity contribution is 5.93. The summed E-state index contributed by atoms with van der Waals surface area (Å²) in [5.74, 6) is -0.290. The summed E-state index contributed by atoms with van der Waals surface area (Å²) in [5, 5.41) is 3.86. The number of carbonyl (C=O) groups excluding carboxylic acids is 1. The standard InChI is InChI=1S/C37H31FN2O2/c38-34-19-8-9-20-35(34)39-37(41)23-32(29-16-11-17-30(22-29)42-26-28-14-5-2-6-15-28)33-25-40(24-27-12-3-1-4-13-27)36-21-10-7-18-31(33)36/h1-22,25,32H,23-24,26H2,(H,39,41)/t32-/m0/s1. The fraction of sp³-hybridized carbons (Fsp3) is 0.108.